The summed E-state index contributed by atoms with van der Waals surface area (Å²) in [6, 6.07) is 0. The molecule has 0 aromatic rings. The minimum absolute atomic E-state index is 0.382. The Hall–Kier alpha value is -1.06. The lowest BCUT2D eigenvalue weighted by Gasteiger charge is -1.98. The van der Waals surface area contributed by atoms with E-state index >= 15 is 0 Å². The van der Waals surface area contributed by atoms with E-state index in [0.717, 1.165) is 6.42 Å². The van der Waals surface area contributed by atoms with E-state index in [4.69, 9.17) is 5.41 Å². The van der Waals surface area contributed by atoms with Crippen molar-refractivity contribution in [2.45, 2.75) is 13.3 Å². The van der Waals surface area contributed by atoms with Gasteiger partial charge in [-0.2, -0.15) is 0 Å². The number of ether oxygens (including phenoxy) is 1. The molecule has 0 aromatic carbocycles. The first kappa shape index (κ1) is 7.94. The smallest absolute Gasteiger partial charge is 0.412 e. The average Bonchev–Trinajstić information content (AvgIpc) is 1.85. The molecule has 0 rings (SSSR count). The molecule has 2 N–H and O–H groups in total. The van der Waals surface area contributed by atoms with Crippen molar-refractivity contribution < 1.29 is 9.53 Å². The molecule has 0 bridgehead atoms. The zero-order chi connectivity index (χ0) is 7.11. The number of rotatable bonds is 3. The van der Waals surface area contributed by atoms with Crippen LogP contribution in [0.2, 0.25) is 0 Å². The molecule has 51 valence electrons. The largest absolute Gasteiger partial charge is 0.449 e. The summed E-state index contributed by atoms with van der Waals surface area (Å²) in [7, 11) is 0. The van der Waals surface area contributed by atoms with Gasteiger partial charge in [0, 0.05) is 0 Å². The number of hydrogen-bond acceptors (Lipinski definition) is 3. The summed E-state index contributed by atoms with van der Waals surface area (Å²) in [5.74, 6) is 0. The summed E-state index contributed by atoms with van der Waals surface area (Å²) in [6.07, 6.45) is 1.87. The molecule has 0 aliphatic heterocycles. The second kappa shape index (κ2) is 5.08. The molecule has 0 fully saturated rings. The van der Waals surface area contributed by atoms with Crippen LogP contribution in [-0.4, -0.2) is 19.0 Å². The molecule has 0 aliphatic rings. The first-order chi connectivity index (χ1) is 4.31. The van der Waals surface area contributed by atoms with Gasteiger partial charge in [0.05, 0.1) is 6.61 Å². The minimum atomic E-state index is -0.619. The molecule has 4 heteroatoms. The zero-order valence-corrected chi connectivity index (χ0v) is 5.23. The second-order valence-corrected chi connectivity index (χ2v) is 1.39. The molecule has 0 spiro atoms. The van der Waals surface area contributed by atoms with Crippen LogP contribution < -0.4 is 5.32 Å². The van der Waals surface area contributed by atoms with E-state index < -0.39 is 6.09 Å². The summed E-state index contributed by atoms with van der Waals surface area (Å²) in [6.45, 7) is 2.27. The van der Waals surface area contributed by atoms with E-state index in [1.54, 1.807) is 6.34 Å². The highest BCUT2D eigenvalue weighted by atomic mass is 16.5. The van der Waals surface area contributed by atoms with E-state index in [1.165, 1.54) is 0 Å². The number of nitrogens with one attached hydrogen (secondary N) is 2. The van der Waals surface area contributed by atoms with Gasteiger partial charge in [0.1, 0.15) is 0 Å². The summed E-state index contributed by atoms with van der Waals surface area (Å²) in [4.78, 5) is 10.3. The Morgan fingerprint density at radius 1 is 1.89 bits per heavy atom. The van der Waals surface area contributed by atoms with Crippen LogP contribution in [0.5, 0.6) is 0 Å². The molecule has 0 saturated heterocycles. The SMILES string of the molecule is CCCOC(=O)N[C]=N. The number of amides is 1. The standard InChI is InChI=1S/C5H9N2O2/c1-2-3-9-5(8)7-4-6/h2-3H2,1H3,(H2,6,7,8). The number of carbonyl (C=O) groups excluding carboxylic acids is 1. The van der Waals surface area contributed by atoms with Crippen LogP contribution in [0.25, 0.3) is 0 Å². The predicted octanol–water partition coefficient (Wildman–Crippen LogP) is 0.607. The molecule has 9 heavy (non-hydrogen) atoms. The van der Waals surface area contributed by atoms with Crippen LogP contribution >= 0.6 is 0 Å². The third-order valence-electron chi connectivity index (χ3n) is 0.602. The molecule has 0 unspecified atom stereocenters. The first-order valence-electron chi connectivity index (χ1n) is 2.65. The van der Waals surface area contributed by atoms with Crippen molar-refractivity contribution in [1.29, 1.82) is 5.41 Å². The minimum Gasteiger partial charge on any atom is -0.449 e. The Labute approximate surface area is 53.7 Å². The van der Waals surface area contributed by atoms with Crippen molar-refractivity contribution in [3.05, 3.63) is 0 Å². The van der Waals surface area contributed by atoms with Crippen LogP contribution in [0.1, 0.15) is 13.3 Å². The summed E-state index contributed by atoms with van der Waals surface area (Å²) >= 11 is 0. The normalized spacial score (nSPS) is 8.11. The van der Waals surface area contributed by atoms with E-state index in [9.17, 15) is 4.79 Å². The number of alkyl carbamates (subject to hydrolysis) is 1. The molecule has 4 nitrogen and oxygen atoms in total. The maximum Gasteiger partial charge on any atom is 0.412 e. The Morgan fingerprint density at radius 2 is 2.56 bits per heavy atom. The van der Waals surface area contributed by atoms with Gasteiger partial charge >= 0.3 is 6.09 Å². The van der Waals surface area contributed by atoms with Gasteiger partial charge in [-0.05, 0) is 6.42 Å². The fraction of sp³-hybridized carbons (Fsp3) is 0.600. The topological polar surface area (TPSA) is 62.2 Å². The van der Waals surface area contributed by atoms with E-state index in [1.807, 2.05) is 12.2 Å². The molecule has 0 aromatic heterocycles. The summed E-state index contributed by atoms with van der Waals surface area (Å²) in [5, 5.41) is 8.24. The lowest BCUT2D eigenvalue weighted by Crippen LogP contribution is -2.22. The molecular weight excluding hydrogens is 120 g/mol. The highest BCUT2D eigenvalue weighted by Crippen LogP contribution is 1.79. The maximum atomic E-state index is 10.3. The van der Waals surface area contributed by atoms with Crippen molar-refractivity contribution in [2.75, 3.05) is 6.61 Å². The monoisotopic (exact) mass is 129 g/mol. The molecule has 0 atom stereocenters. The molecule has 0 heterocycles. The number of hydrogen-bond donors (Lipinski definition) is 2. The van der Waals surface area contributed by atoms with Crippen molar-refractivity contribution >= 4 is 12.4 Å². The number of carbonyl (C=O) groups is 1. The van der Waals surface area contributed by atoms with E-state index in [0.29, 0.717) is 6.61 Å². The van der Waals surface area contributed by atoms with Gasteiger partial charge in [-0.15, -0.1) is 0 Å². The summed E-state index contributed by atoms with van der Waals surface area (Å²) in [5.41, 5.74) is 0. The fourth-order valence-corrected chi connectivity index (χ4v) is 0.282. The predicted molar refractivity (Wildman–Crippen MR) is 32.5 cm³/mol. The summed E-state index contributed by atoms with van der Waals surface area (Å²) < 4.78 is 4.50. The van der Waals surface area contributed by atoms with E-state index in [-0.39, 0.29) is 0 Å². The Balaban J connectivity index is 3.16. The van der Waals surface area contributed by atoms with Crippen molar-refractivity contribution in [3.8, 4) is 0 Å². The lowest BCUT2D eigenvalue weighted by molar-refractivity contribution is 0.152. The third kappa shape index (κ3) is 4.80. The Bertz CT molecular complexity index is 103. The Kier molecular flexibility index (Phi) is 4.49. The Morgan fingerprint density at radius 3 is 3.00 bits per heavy atom. The highest BCUT2D eigenvalue weighted by molar-refractivity contribution is 5.80. The molecule has 1 amide bonds. The van der Waals surface area contributed by atoms with E-state index in [2.05, 4.69) is 4.74 Å². The van der Waals surface area contributed by atoms with Crippen LogP contribution in [0.15, 0.2) is 0 Å². The van der Waals surface area contributed by atoms with Crippen molar-refractivity contribution in [2.24, 2.45) is 0 Å². The van der Waals surface area contributed by atoms with Gasteiger partial charge in [-0.3, -0.25) is 10.7 Å². The first-order valence-corrected chi connectivity index (χ1v) is 2.65. The van der Waals surface area contributed by atoms with Crippen LogP contribution in [0.3, 0.4) is 0 Å². The third-order valence-corrected chi connectivity index (χ3v) is 0.602. The zero-order valence-electron chi connectivity index (χ0n) is 5.23. The van der Waals surface area contributed by atoms with Crippen LogP contribution in [0.4, 0.5) is 4.79 Å². The van der Waals surface area contributed by atoms with Gasteiger partial charge in [0.2, 0.25) is 0 Å². The van der Waals surface area contributed by atoms with Crippen molar-refractivity contribution in [3.63, 3.8) is 0 Å². The maximum absolute atomic E-state index is 10.3. The van der Waals surface area contributed by atoms with Crippen molar-refractivity contribution in [1.82, 2.24) is 5.32 Å². The van der Waals surface area contributed by atoms with Gasteiger partial charge in [-0.25, -0.2) is 4.79 Å². The molecule has 0 aliphatic carbocycles. The lowest BCUT2D eigenvalue weighted by atomic mass is 10.5. The van der Waals surface area contributed by atoms with Gasteiger partial charge < -0.3 is 4.74 Å². The van der Waals surface area contributed by atoms with Gasteiger partial charge in [-0.1, -0.05) is 6.92 Å². The molecular formula is C5H9N2O2. The van der Waals surface area contributed by atoms with Gasteiger partial charge in [0.25, 0.3) is 0 Å². The average molecular weight is 129 g/mol. The van der Waals surface area contributed by atoms with Gasteiger partial charge in [0.15, 0.2) is 6.34 Å². The van der Waals surface area contributed by atoms with Crippen LogP contribution in [0, 0.1) is 5.41 Å². The molecule has 1 radical (unpaired) electrons. The van der Waals surface area contributed by atoms with Crippen LogP contribution in [-0.2, 0) is 4.74 Å². The highest BCUT2D eigenvalue weighted by Gasteiger charge is 1.94. The molecule has 0 saturated carbocycles. The second-order valence-electron chi connectivity index (χ2n) is 1.39. The quantitative estimate of drug-likeness (QED) is 0.333. The fourth-order valence-electron chi connectivity index (χ4n) is 0.282.